The van der Waals surface area contributed by atoms with Gasteiger partial charge in [-0.05, 0) is 6.42 Å². The summed E-state index contributed by atoms with van der Waals surface area (Å²) in [6, 6.07) is 0. The van der Waals surface area contributed by atoms with Gasteiger partial charge >= 0.3 is 5.97 Å². The normalized spacial score (nSPS) is 20.6. The van der Waals surface area contributed by atoms with Crippen LogP contribution in [0.25, 0.3) is 0 Å². The molecule has 0 fully saturated rings. The van der Waals surface area contributed by atoms with Crippen LogP contribution in [0.1, 0.15) is 12.8 Å². The molecule has 1 heterocycles. The van der Waals surface area contributed by atoms with Crippen molar-refractivity contribution in [1.29, 1.82) is 0 Å². The fraction of sp³-hybridized carbons (Fsp3) is 0.667. The van der Waals surface area contributed by atoms with Gasteiger partial charge in [-0.2, -0.15) is 0 Å². The zero-order chi connectivity index (χ0) is 10.6. The van der Waals surface area contributed by atoms with Crippen LogP contribution in [0.15, 0.2) is 12.4 Å². The van der Waals surface area contributed by atoms with Gasteiger partial charge in [0.2, 0.25) is 0 Å². The van der Waals surface area contributed by atoms with Crippen LogP contribution in [0, 0.1) is 0 Å². The topological polar surface area (TPSA) is 64.0 Å². The molecule has 0 bridgehead atoms. The van der Waals surface area contributed by atoms with Gasteiger partial charge in [0, 0.05) is 32.4 Å². The summed E-state index contributed by atoms with van der Waals surface area (Å²) in [5, 5.41) is 17.4. The average molecular weight is 200 g/mol. The summed E-state index contributed by atoms with van der Waals surface area (Å²) in [5.41, 5.74) is 0. The van der Waals surface area contributed by atoms with E-state index < -0.39 is 5.97 Å². The van der Waals surface area contributed by atoms with Crippen molar-refractivity contribution in [3.8, 4) is 0 Å². The van der Waals surface area contributed by atoms with Crippen molar-refractivity contribution in [2.24, 2.45) is 0 Å². The number of rotatable bonds is 5. The molecule has 2 N–H and O–H groups in total. The minimum absolute atomic E-state index is 0.0678. The Bertz CT molecular complexity index is 230. The first-order valence-corrected chi connectivity index (χ1v) is 4.64. The SMILES string of the molecule is CN1C=CN(CCO)C1CCC(=O)O. The summed E-state index contributed by atoms with van der Waals surface area (Å²) < 4.78 is 0. The van der Waals surface area contributed by atoms with Crippen LogP contribution >= 0.6 is 0 Å². The van der Waals surface area contributed by atoms with E-state index in [9.17, 15) is 4.79 Å². The van der Waals surface area contributed by atoms with E-state index >= 15 is 0 Å². The quantitative estimate of drug-likeness (QED) is 0.648. The summed E-state index contributed by atoms with van der Waals surface area (Å²) in [5.74, 6) is -0.783. The molecule has 0 saturated heterocycles. The molecule has 0 radical (unpaired) electrons. The van der Waals surface area contributed by atoms with E-state index in [1.165, 1.54) is 0 Å². The fourth-order valence-corrected chi connectivity index (χ4v) is 1.58. The molecular weight excluding hydrogens is 184 g/mol. The molecule has 0 aromatic rings. The number of nitrogens with zero attached hydrogens (tertiary/aromatic N) is 2. The lowest BCUT2D eigenvalue weighted by atomic mass is 10.2. The second-order valence-electron chi connectivity index (χ2n) is 3.34. The second kappa shape index (κ2) is 4.85. The van der Waals surface area contributed by atoms with Crippen molar-refractivity contribution < 1.29 is 15.0 Å². The van der Waals surface area contributed by atoms with Crippen molar-refractivity contribution in [2.75, 3.05) is 20.2 Å². The highest BCUT2D eigenvalue weighted by molar-refractivity contribution is 5.66. The summed E-state index contributed by atoms with van der Waals surface area (Å²) in [6.07, 6.45) is 4.56. The monoisotopic (exact) mass is 200 g/mol. The van der Waals surface area contributed by atoms with Crippen LogP contribution < -0.4 is 0 Å². The molecule has 0 spiro atoms. The first kappa shape index (κ1) is 10.8. The molecule has 1 unspecified atom stereocenters. The molecule has 1 atom stereocenters. The molecule has 5 nitrogen and oxygen atoms in total. The van der Waals surface area contributed by atoms with Gasteiger partial charge in [0.25, 0.3) is 0 Å². The van der Waals surface area contributed by atoms with Gasteiger partial charge in [-0.15, -0.1) is 0 Å². The average Bonchev–Trinajstić information content (AvgIpc) is 2.45. The number of hydrogen-bond donors (Lipinski definition) is 2. The van der Waals surface area contributed by atoms with E-state index in [0.29, 0.717) is 13.0 Å². The Hall–Kier alpha value is -1.23. The van der Waals surface area contributed by atoms with Crippen LogP contribution in [-0.2, 0) is 4.79 Å². The molecule has 0 aromatic heterocycles. The van der Waals surface area contributed by atoms with Gasteiger partial charge < -0.3 is 20.0 Å². The number of aliphatic hydroxyl groups is 1. The van der Waals surface area contributed by atoms with E-state index in [0.717, 1.165) is 0 Å². The molecular formula is C9H16N2O3. The van der Waals surface area contributed by atoms with Crippen molar-refractivity contribution >= 4 is 5.97 Å². The van der Waals surface area contributed by atoms with E-state index in [1.54, 1.807) is 0 Å². The van der Waals surface area contributed by atoms with E-state index in [4.69, 9.17) is 10.2 Å². The standard InChI is InChI=1S/C9H16N2O3/c1-10-4-5-11(6-7-12)8(10)2-3-9(13)14/h4-5,8,12H,2-3,6-7H2,1H3,(H,13,14). The Balaban J connectivity index is 2.43. The van der Waals surface area contributed by atoms with Crippen molar-refractivity contribution in [3.05, 3.63) is 12.4 Å². The Morgan fingerprint density at radius 3 is 2.79 bits per heavy atom. The molecule has 1 rings (SSSR count). The maximum Gasteiger partial charge on any atom is 0.303 e. The predicted octanol–water partition coefficient (Wildman–Crippen LogP) is -0.112. The number of carboxylic acids is 1. The number of hydrogen-bond acceptors (Lipinski definition) is 4. The van der Waals surface area contributed by atoms with Crippen molar-refractivity contribution in [3.63, 3.8) is 0 Å². The number of β-amino-alcohol motifs (C(OH)–C–C–N with tert-alkyl or cyclic N) is 1. The van der Waals surface area contributed by atoms with Gasteiger partial charge in [0.1, 0.15) is 6.17 Å². The molecule has 14 heavy (non-hydrogen) atoms. The largest absolute Gasteiger partial charge is 0.481 e. The van der Waals surface area contributed by atoms with Gasteiger partial charge in [0.05, 0.1) is 6.61 Å². The minimum atomic E-state index is -0.783. The second-order valence-corrected chi connectivity index (χ2v) is 3.34. The fourth-order valence-electron chi connectivity index (χ4n) is 1.58. The Kier molecular flexibility index (Phi) is 3.76. The molecule has 0 saturated carbocycles. The molecule has 1 aliphatic heterocycles. The Morgan fingerprint density at radius 2 is 2.21 bits per heavy atom. The zero-order valence-electron chi connectivity index (χ0n) is 8.26. The summed E-state index contributed by atoms with van der Waals surface area (Å²) in [7, 11) is 1.90. The number of aliphatic hydroxyl groups excluding tert-OH is 1. The first-order valence-electron chi connectivity index (χ1n) is 4.64. The number of carboxylic acid groups (broad SMARTS) is 1. The minimum Gasteiger partial charge on any atom is -0.481 e. The van der Waals surface area contributed by atoms with Crippen molar-refractivity contribution in [2.45, 2.75) is 19.0 Å². The third kappa shape index (κ3) is 2.63. The molecule has 0 aliphatic carbocycles. The molecule has 0 amide bonds. The van der Waals surface area contributed by atoms with Crippen molar-refractivity contribution in [1.82, 2.24) is 9.80 Å². The molecule has 5 heteroatoms. The van der Waals surface area contributed by atoms with Gasteiger partial charge in [0.15, 0.2) is 0 Å². The molecule has 1 aliphatic rings. The van der Waals surface area contributed by atoms with Gasteiger partial charge in [-0.3, -0.25) is 4.79 Å². The third-order valence-electron chi connectivity index (χ3n) is 2.32. The lowest BCUT2D eigenvalue weighted by Gasteiger charge is -2.29. The smallest absolute Gasteiger partial charge is 0.303 e. The maximum atomic E-state index is 10.4. The summed E-state index contributed by atoms with van der Waals surface area (Å²) >= 11 is 0. The van der Waals surface area contributed by atoms with E-state index in [-0.39, 0.29) is 19.2 Å². The van der Waals surface area contributed by atoms with Gasteiger partial charge in [-0.25, -0.2) is 0 Å². The highest BCUT2D eigenvalue weighted by Crippen LogP contribution is 2.17. The maximum absolute atomic E-state index is 10.4. The van der Waals surface area contributed by atoms with Crippen LogP contribution in [0.5, 0.6) is 0 Å². The Labute approximate surface area is 83.2 Å². The highest BCUT2D eigenvalue weighted by atomic mass is 16.4. The van der Waals surface area contributed by atoms with Crippen LogP contribution in [0.4, 0.5) is 0 Å². The molecule has 80 valence electrons. The Morgan fingerprint density at radius 1 is 1.50 bits per heavy atom. The lowest BCUT2D eigenvalue weighted by Crippen LogP contribution is -2.38. The van der Waals surface area contributed by atoms with Crippen LogP contribution in [-0.4, -0.2) is 52.3 Å². The van der Waals surface area contributed by atoms with Gasteiger partial charge in [-0.1, -0.05) is 0 Å². The van der Waals surface area contributed by atoms with E-state index in [2.05, 4.69) is 0 Å². The zero-order valence-corrected chi connectivity index (χ0v) is 8.26. The summed E-state index contributed by atoms with van der Waals surface area (Å²) in [4.78, 5) is 14.3. The van der Waals surface area contributed by atoms with Crippen LogP contribution in [0.3, 0.4) is 0 Å². The first-order chi connectivity index (χ1) is 6.65. The van der Waals surface area contributed by atoms with E-state index in [1.807, 2.05) is 29.2 Å². The molecule has 0 aromatic carbocycles. The number of aliphatic carboxylic acids is 1. The van der Waals surface area contributed by atoms with Crippen LogP contribution in [0.2, 0.25) is 0 Å². The lowest BCUT2D eigenvalue weighted by molar-refractivity contribution is -0.137. The predicted molar refractivity (Wildman–Crippen MR) is 51.4 cm³/mol. The third-order valence-corrected chi connectivity index (χ3v) is 2.32. The highest BCUT2D eigenvalue weighted by Gasteiger charge is 2.23. The summed E-state index contributed by atoms with van der Waals surface area (Å²) in [6.45, 7) is 0.632. The number of carbonyl (C=O) groups is 1.